The fourth-order valence-corrected chi connectivity index (χ4v) is 5.75. The number of hydrogen-bond donors (Lipinski definition) is 4. The Balaban J connectivity index is 1.49. The van der Waals surface area contributed by atoms with Gasteiger partial charge in [0.05, 0.1) is 18.2 Å². The Hall–Kier alpha value is -3.63. The highest BCUT2D eigenvalue weighted by molar-refractivity contribution is 5.95. The molecule has 1 aromatic carbocycles. The van der Waals surface area contributed by atoms with Crippen LogP contribution in [-0.2, 0) is 25.5 Å². The van der Waals surface area contributed by atoms with Gasteiger partial charge >= 0.3 is 0 Å². The smallest absolute Gasteiger partial charge is 0.250 e. The molecule has 0 aromatic heterocycles. The number of aliphatic hydroxyl groups excluding tert-OH is 1. The normalized spacial score (nSPS) is 22.7. The summed E-state index contributed by atoms with van der Waals surface area (Å²) in [7, 11) is 1.71. The Morgan fingerprint density at radius 2 is 1.95 bits per heavy atom. The van der Waals surface area contributed by atoms with Crippen LogP contribution >= 0.6 is 0 Å². The number of aliphatic hydroxyl groups is 1. The summed E-state index contributed by atoms with van der Waals surface area (Å²) in [4.78, 5) is 42.2. The molecule has 218 valence electrons. The molecule has 4 rings (SSSR count). The van der Waals surface area contributed by atoms with Crippen molar-refractivity contribution >= 4 is 17.7 Å². The van der Waals surface area contributed by atoms with Crippen LogP contribution < -0.4 is 16.0 Å². The van der Waals surface area contributed by atoms with Crippen LogP contribution in [0.5, 0.6) is 0 Å². The second-order valence-corrected chi connectivity index (χ2v) is 10.7. The molecule has 9 nitrogen and oxygen atoms in total. The highest BCUT2D eigenvalue weighted by atomic mass is 16.5. The van der Waals surface area contributed by atoms with Gasteiger partial charge in [-0.3, -0.25) is 14.4 Å². The summed E-state index contributed by atoms with van der Waals surface area (Å²) < 4.78 is 6.05. The van der Waals surface area contributed by atoms with E-state index in [1.54, 1.807) is 18.9 Å². The highest BCUT2D eigenvalue weighted by Crippen LogP contribution is 2.34. The molecule has 1 saturated heterocycles. The molecule has 0 radical (unpaired) electrons. The standard InChI is InChI=1S/C32H40N4O5/c1-22(33-2)30(38)34-28(23-13-6-5-7-14-23)32(40)36-18-12-17-26(36)31(39)35-29-25-16-9-8-15-24(25)21-27(29)41-20-11-4-3-10-19-37/h8-9,13,15-16,22,26-29,33,37H,5-7,12,14,17-21H2,1-2H3,(H,34,38)(H,35,39). The van der Waals surface area contributed by atoms with E-state index in [0.717, 1.165) is 42.4 Å². The number of nitrogens with zero attached hydrogens (tertiary/aromatic N) is 1. The number of hydrogen-bond acceptors (Lipinski definition) is 6. The maximum Gasteiger partial charge on any atom is 0.250 e. The van der Waals surface area contributed by atoms with E-state index in [1.807, 2.05) is 24.3 Å². The number of likely N-dealkylation sites (tertiary alicyclic amines) is 1. The number of carbonyl (C=O) groups is 3. The first-order chi connectivity index (χ1) is 19.9. The van der Waals surface area contributed by atoms with Gasteiger partial charge in [0.25, 0.3) is 0 Å². The minimum Gasteiger partial charge on any atom is -0.384 e. The second-order valence-electron chi connectivity index (χ2n) is 10.7. The summed E-state index contributed by atoms with van der Waals surface area (Å²) in [6.45, 7) is 2.11. The molecular weight excluding hydrogens is 520 g/mol. The first kappa shape index (κ1) is 30.3. The molecule has 0 bridgehead atoms. The van der Waals surface area contributed by atoms with E-state index in [2.05, 4.69) is 45.7 Å². The van der Waals surface area contributed by atoms with Crippen LogP contribution in [0.1, 0.15) is 62.6 Å². The van der Waals surface area contributed by atoms with Crippen molar-refractivity contribution in [3.05, 3.63) is 47.0 Å². The van der Waals surface area contributed by atoms with Gasteiger partial charge in [0.15, 0.2) is 0 Å². The summed E-state index contributed by atoms with van der Waals surface area (Å²) >= 11 is 0. The lowest BCUT2D eigenvalue weighted by Crippen LogP contribution is -2.56. The molecular formula is C32H40N4O5. The van der Waals surface area contributed by atoms with Crippen LogP contribution in [0.2, 0.25) is 0 Å². The van der Waals surface area contributed by atoms with Gasteiger partial charge in [-0.05, 0) is 81.0 Å². The van der Waals surface area contributed by atoms with Crippen molar-refractivity contribution in [1.29, 1.82) is 0 Å². The van der Waals surface area contributed by atoms with Crippen LogP contribution in [0.3, 0.4) is 0 Å². The largest absolute Gasteiger partial charge is 0.384 e. The quantitative estimate of drug-likeness (QED) is 0.268. The Morgan fingerprint density at radius 3 is 2.71 bits per heavy atom. The molecule has 5 unspecified atom stereocenters. The van der Waals surface area contributed by atoms with Gasteiger partial charge in [-0.1, -0.05) is 42.2 Å². The van der Waals surface area contributed by atoms with Crippen molar-refractivity contribution in [2.24, 2.45) is 0 Å². The van der Waals surface area contributed by atoms with Gasteiger partial charge in [-0.25, -0.2) is 0 Å². The maximum atomic E-state index is 14.0. The van der Waals surface area contributed by atoms with E-state index in [9.17, 15) is 14.4 Å². The van der Waals surface area contributed by atoms with Crippen LogP contribution in [0, 0.1) is 23.7 Å². The zero-order valence-electron chi connectivity index (χ0n) is 23.9. The molecule has 0 spiro atoms. The van der Waals surface area contributed by atoms with Crippen molar-refractivity contribution in [1.82, 2.24) is 20.9 Å². The Bertz CT molecular complexity index is 1270. The lowest BCUT2D eigenvalue weighted by Gasteiger charge is -2.32. The number of benzene rings is 1. The lowest BCUT2D eigenvalue weighted by molar-refractivity contribution is -0.141. The highest BCUT2D eigenvalue weighted by Gasteiger charge is 2.42. The SMILES string of the molecule is CNC(C)C(=O)NC(C(=O)N1CCCC1C(=O)NC1c2ccccc2CC1OCC#CC#CCO)C1=CCCCC1. The summed E-state index contributed by atoms with van der Waals surface area (Å²) in [5.41, 5.74) is 3.01. The van der Waals surface area contributed by atoms with E-state index in [0.29, 0.717) is 25.8 Å². The molecule has 3 amide bonds. The van der Waals surface area contributed by atoms with Gasteiger partial charge in [-0.2, -0.15) is 0 Å². The number of ether oxygens (including phenoxy) is 1. The van der Waals surface area contributed by atoms with Crippen molar-refractivity contribution in [3.63, 3.8) is 0 Å². The van der Waals surface area contributed by atoms with E-state index >= 15 is 0 Å². The van der Waals surface area contributed by atoms with Gasteiger partial charge in [0, 0.05) is 13.0 Å². The lowest BCUT2D eigenvalue weighted by atomic mass is 9.92. The average Bonchev–Trinajstić information content (AvgIpc) is 3.62. The van der Waals surface area contributed by atoms with E-state index < -0.39 is 18.1 Å². The number of likely N-dealkylation sites (N-methyl/N-ethyl adjacent to an activating group) is 1. The van der Waals surface area contributed by atoms with Crippen LogP contribution in [-0.4, -0.2) is 78.8 Å². The van der Waals surface area contributed by atoms with E-state index in [-0.39, 0.29) is 43.1 Å². The third-order valence-corrected chi connectivity index (χ3v) is 8.06. The van der Waals surface area contributed by atoms with Crippen molar-refractivity contribution in [2.45, 2.75) is 82.1 Å². The molecule has 1 aliphatic heterocycles. The Kier molecular flexibility index (Phi) is 11.0. The molecule has 0 saturated carbocycles. The van der Waals surface area contributed by atoms with Gasteiger partial charge < -0.3 is 30.7 Å². The number of nitrogens with one attached hydrogen (secondary N) is 3. The molecule has 5 atom stereocenters. The number of amides is 3. The molecule has 1 fully saturated rings. The van der Waals surface area contributed by atoms with Crippen molar-refractivity contribution in [3.8, 4) is 23.7 Å². The molecule has 41 heavy (non-hydrogen) atoms. The third-order valence-electron chi connectivity index (χ3n) is 8.06. The number of fused-ring (bicyclic) bond motifs is 1. The summed E-state index contributed by atoms with van der Waals surface area (Å²) in [6.07, 6.45) is 7.31. The summed E-state index contributed by atoms with van der Waals surface area (Å²) in [6, 6.07) is 5.69. The Labute approximate surface area is 242 Å². The monoisotopic (exact) mass is 560 g/mol. The first-order valence-electron chi connectivity index (χ1n) is 14.5. The first-order valence-corrected chi connectivity index (χ1v) is 14.5. The van der Waals surface area contributed by atoms with Gasteiger partial charge in [0.2, 0.25) is 17.7 Å². The molecule has 4 N–H and O–H groups in total. The minimum absolute atomic E-state index is 0.140. The number of carbonyl (C=O) groups excluding carboxylic acids is 3. The van der Waals surface area contributed by atoms with Crippen molar-refractivity contribution in [2.75, 3.05) is 26.8 Å². The molecule has 1 heterocycles. The predicted molar refractivity (Wildman–Crippen MR) is 155 cm³/mol. The zero-order chi connectivity index (χ0) is 29.2. The van der Waals surface area contributed by atoms with E-state index in [4.69, 9.17) is 9.84 Å². The minimum atomic E-state index is -0.775. The van der Waals surface area contributed by atoms with E-state index in [1.165, 1.54) is 0 Å². The van der Waals surface area contributed by atoms with Crippen LogP contribution in [0.4, 0.5) is 0 Å². The van der Waals surface area contributed by atoms with Crippen LogP contribution in [0.25, 0.3) is 0 Å². The van der Waals surface area contributed by atoms with Crippen molar-refractivity contribution < 1.29 is 24.2 Å². The number of rotatable bonds is 9. The summed E-state index contributed by atoms with van der Waals surface area (Å²) in [5.74, 6) is 9.80. The third kappa shape index (κ3) is 7.56. The maximum absolute atomic E-state index is 14.0. The Morgan fingerprint density at radius 1 is 1.15 bits per heavy atom. The number of allylic oxidation sites excluding steroid dienone is 1. The summed E-state index contributed by atoms with van der Waals surface area (Å²) in [5, 5.41) is 17.8. The fourth-order valence-electron chi connectivity index (χ4n) is 5.75. The predicted octanol–water partition coefficient (Wildman–Crippen LogP) is 1.37. The van der Waals surface area contributed by atoms with Crippen LogP contribution in [0.15, 0.2) is 35.9 Å². The topological polar surface area (TPSA) is 120 Å². The second kappa shape index (κ2) is 14.8. The fraction of sp³-hybridized carbons (Fsp3) is 0.531. The molecule has 1 aromatic rings. The van der Waals surface area contributed by atoms with Gasteiger partial charge in [0.1, 0.15) is 25.3 Å². The molecule has 2 aliphatic carbocycles. The zero-order valence-corrected chi connectivity index (χ0v) is 23.9. The molecule has 3 aliphatic rings. The molecule has 9 heteroatoms. The average molecular weight is 561 g/mol. The van der Waals surface area contributed by atoms with Gasteiger partial charge in [-0.15, -0.1) is 0 Å².